The van der Waals surface area contributed by atoms with E-state index in [1.54, 1.807) is 12.4 Å². The number of halogens is 1. The summed E-state index contributed by atoms with van der Waals surface area (Å²) in [6.07, 6.45) is 3.80. The van der Waals surface area contributed by atoms with Crippen LogP contribution in [0.15, 0.2) is 22.0 Å². The molecule has 0 radical (unpaired) electrons. The van der Waals surface area contributed by atoms with Crippen molar-refractivity contribution in [2.75, 3.05) is 18.5 Å². The summed E-state index contributed by atoms with van der Waals surface area (Å²) in [4.78, 5) is 10.0. The average molecular weight is 274 g/mol. The zero-order valence-electron chi connectivity index (χ0n) is 8.26. The first-order valence-electron chi connectivity index (χ1n) is 4.28. The molecule has 0 amide bonds. The summed E-state index contributed by atoms with van der Waals surface area (Å²) in [5, 5.41) is 11.2. The number of oxime groups is 1. The Kier molecular flexibility index (Phi) is 4.29. The van der Waals surface area contributed by atoms with Gasteiger partial charge >= 0.3 is 0 Å². The third-order valence-corrected chi connectivity index (χ3v) is 2.19. The van der Waals surface area contributed by atoms with Gasteiger partial charge in [-0.2, -0.15) is 0 Å². The van der Waals surface area contributed by atoms with Gasteiger partial charge in [-0.05, 0) is 15.9 Å². The molecule has 0 fully saturated rings. The van der Waals surface area contributed by atoms with Gasteiger partial charge in [0, 0.05) is 32.4 Å². The highest BCUT2D eigenvalue weighted by Crippen LogP contribution is 2.09. The van der Waals surface area contributed by atoms with E-state index < -0.39 is 0 Å². The first-order valence-corrected chi connectivity index (χ1v) is 5.08. The Labute approximate surface area is 95.9 Å². The minimum atomic E-state index is 0.193. The van der Waals surface area contributed by atoms with Crippen LogP contribution in [0.2, 0.25) is 0 Å². The Bertz CT molecular complexity index is 339. The van der Waals surface area contributed by atoms with Crippen LogP contribution in [0.1, 0.15) is 6.42 Å². The van der Waals surface area contributed by atoms with Gasteiger partial charge in [-0.3, -0.25) is 0 Å². The molecule has 0 unspecified atom stereocenters. The second kappa shape index (κ2) is 5.50. The standard InChI is InChI=1S/C8H12BrN5O/c1-14(3-2-7(10)13-15)8-11-4-6(9)5-12-8/h4-5,15H,2-3H2,1H3,(H2,10,13). The highest BCUT2D eigenvalue weighted by molar-refractivity contribution is 9.10. The lowest BCUT2D eigenvalue weighted by Gasteiger charge is -2.15. The summed E-state index contributed by atoms with van der Waals surface area (Å²) in [5.74, 6) is 0.794. The predicted molar refractivity (Wildman–Crippen MR) is 61.0 cm³/mol. The third-order valence-electron chi connectivity index (χ3n) is 1.78. The monoisotopic (exact) mass is 273 g/mol. The first-order chi connectivity index (χ1) is 7.13. The van der Waals surface area contributed by atoms with E-state index >= 15 is 0 Å². The van der Waals surface area contributed by atoms with Crippen molar-refractivity contribution in [1.82, 2.24) is 9.97 Å². The van der Waals surface area contributed by atoms with Gasteiger partial charge in [-0.15, -0.1) is 0 Å². The molecule has 0 saturated heterocycles. The van der Waals surface area contributed by atoms with Crippen molar-refractivity contribution in [2.45, 2.75) is 6.42 Å². The molecule has 0 saturated carbocycles. The largest absolute Gasteiger partial charge is 0.409 e. The number of hydrogen-bond donors (Lipinski definition) is 2. The summed E-state index contributed by atoms with van der Waals surface area (Å²) in [5.41, 5.74) is 5.35. The summed E-state index contributed by atoms with van der Waals surface area (Å²) >= 11 is 3.25. The van der Waals surface area contributed by atoms with Crippen LogP contribution in [0.3, 0.4) is 0 Å². The number of hydrogen-bond acceptors (Lipinski definition) is 5. The third kappa shape index (κ3) is 3.70. The molecule has 0 atom stereocenters. The van der Waals surface area contributed by atoms with Crippen LogP contribution >= 0.6 is 15.9 Å². The van der Waals surface area contributed by atoms with Crippen molar-refractivity contribution in [3.8, 4) is 0 Å². The second-order valence-corrected chi connectivity index (χ2v) is 3.88. The topological polar surface area (TPSA) is 87.6 Å². The Balaban J connectivity index is 2.53. The van der Waals surface area contributed by atoms with Crippen LogP contribution in [-0.4, -0.2) is 34.6 Å². The Hall–Kier alpha value is -1.37. The Morgan fingerprint density at radius 3 is 2.73 bits per heavy atom. The van der Waals surface area contributed by atoms with E-state index in [1.807, 2.05) is 11.9 Å². The molecule has 0 spiro atoms. The molecule has 0 aliphatic carbocycles. The average Bonchev–Trinajstić information content (AvgIpc) is 2.26. The lowest BCUT2D eigenvalue weighted by molar-refractivity contribution is 0.317. The van der Waals surface area contributed by atoms with E-state index in [2.05, 4.69) is 31.1 Å². The fourth-order valence-corrected chi connectivity index (χ4v) is 1.14. The minimum Gasteiger partial charge on any atom is -0.409 e. The predicted octanol–water partition coefficient (Wildman–Crippen LogP) is 0.812. The Morgan fingerprint density at radius 1 is 1.60 bits per heavy atom. The van der Waals surface area contributed by atoms with Crippen molar-refractivity contribution >= 4 is 27.7 Å². The Morgan fingerprint density at radius 2 is 2.20 bits per heavy atom. The lowest BCUT2D eigenvalue weighted by atomic mass is 10.4. The molecule has 82 valence electrons. The van der Waals surface area contributed by atoms with E-state index in [1.165, 1.54) is 0 Å². The van der Waals surface area contributed by atoms with E-state index in [0.29, 0.717) is 18.9 Å². The zero-order chi connectivity index (χ0) is 11.3. The number of rotatable bonds is 4. The number of nitrogens with two attached hydrogens (primary N) is 1. The smallest absolute Gasteiger partial charge is 0.225 e. The number of nitrogens with zero attached hydrogens (tertiary/aromatic N) is 4. The molecule has 0 aliphatic heterocycles. The zero-order valence-corrected chi connectivity index (χ0v) is 9.85. The van der Waals surface area contributed by atoms with Gasteiger partial charge in [0.25, 0.3) is 0 Å². The maximum absolute atomic E-state index is 8.36. The summed E-state index contributed by atoms with van der Waals surface area (Å²) < 4.78 is 0.830. The molecule has 3 N–H and O–H groups in total. The van der Waals surface area contributed by atoms with Gasteiger partial charge in [-0.25, -0.2) is 9.97 Å². The number of amidine groups is 1. The van der Waals surface area contributed by atoms with Crippen LogP contribution in [0.25, 0.3) is 0 Å². The molecular formula is C8H12BrN5O. The SMILES string of the molecule is CN(CCC(N)=NO)c1ncc(Br)cn1. The molecule has 0 aromatic carbocycles. The van der Waals surface area contributed by atoms with Gasteiger partial charge in [0.05, 0.1) is 4.47 Å². The van der Waals surface area contributed by atoms with Crippen LogP contribution in [0.4, 0.5) is 5.95 Å². The molecule has 0 bridgehead atoms. The summed E-state index contributed by atoms with van der Waals surface area (Å²) in [6, 6.07) is 0. The lowest BCUT2D eigenvalue weighted by Crippen LogP contribution is -2.25. The van der Waals surface area contributed by atoms with Crippen molar-refractivity contribution in [1.29, 1.82) is 0 Å². The van der Waals surface area contributed by atoms with Gasteiger partial charge in [0.15, 0.2) is 0 Å². The van der Waals surface area contributed by atoms with E-state index in [-0.39, 0.29) is 5.84 Å². The van der Waals surface area contributed by atoms with E-state index in [4.69, 9.17) is 10.9 Å². The van der Waals surface area contributed by atoms with E-state index in [0.717, 1.165) is 4.47 Å². The fraction of sp³-hybridized carbons (Fsp3) is 0.375. The number of aromatic nitrogens is 2. The maximum atomic E-state index is 8.36. The summed E-state index contributed by atoms with van der Waals surface area (Å²) in [6.45, 7) is 0.595. The highest BCUT2D eigenvalue weighted by Gasteiger charge is 2.04. The van der Waals surface area contributed by atoms with E-state index in [9.17, 15) is 0 Å². The molecule has 15 heavy (non-hydrogen) atoms. The fourth-order valence-electron chi connectivity index (χ4n) is 0.935. The second-order valence-electron chi connectivity index (χ2n) is 2.96. The van der Waals surface area contributed by atoms with Crippen LogP contribution in [0, 0.1) is 0 Å². The van der Waals surface area contributed by atoms with Gasteiger partial charge in [0.1, 0.15) is 5.84 Å². The normalized spacial score (nSPS) is 11.5. The van der Waals surface area contributed by atoms with Crippen LogP contribution in [-0.2, 0) is 0 Å². The van der Waals surface area contributed by atoms with Crippen molar-refractivity contribution in [2.24, 2.45) is 10.9 Å². The molecule has 1 aromatic heterocycles. The molecule has 0 aliphatic rings. The van der Waals surface area contributed by atoms with Gasteiger partial charge in [0.2, 0.25) is 5.95 Å². The molecule has 7 heteroatoms. The molecule has 1 rings (SSSR count). The quantitative estimate of drug-likeness (QED) is 0.367. The first kappa shape index (κ1) is 11.7. The minimum absolute atomic E-state index is 0.193. The highest BCUT2D eigenvalue weighted by atomic mass is 79.9. The molecular weight excluding hydrogens is 262 g/mol. The molecule has 6 nitrogen and oxygen atoms in total. The number of anilines is 1. The maximum Gasteiger partial charge on any atom is 0.225 e. The van der Waals surface area contributed by atoms with Crippen molar-refractivity contribution in [3.05, 3.63) is 16.9 Å². The van der Waals surface area contributed by atoms with Gasteiger partial charge in [-0.1, -0.05) is 5.16 Å². The van der Waals surface area contributed by atoms with Gasteiger partial charge < -0.3 is 15.8 Å². The van der Waals surface area contributed by atoms with Crippen LogP contribution in [0.5, 0.6) is 0 Å². The molecule has 1 heterocycles. The van der Waals surface area contributed by atoms with Crippen molar-refractivity contribution < 1.29 is 5.21 Å². The van der Waals surface area contributed by atoms with Crippen LogP contribution < -0.4 is 10.6 Å². The van der Waals surface area contributed by atoms with Crippen molar-refractivity contribution in [3.63, 3.8) is 0 Å². The molecule has 1 aromatic rings. The summed E-state index contributed by atoms with van der Waals surface area (Å²) in [7, 11) is 1.84.